The number of aliphatic hydroxyl groups is 1. The van der Waals surface area contributed by atoms with E-state index in [1.54, 1.807) is 6.07 Å². The van der Waals surface area contributed by atoms with Gasteiger partial charge in [0.2, 0.25) is 0 Å². The molecule has 36 heavy (non-hydrogen) atoms. The highest BCUT2D eigenvalue weighted by Crippen LogP contribution is 2.64. The Morgan fingerprint density at radius 1 is 1.17 bits per heavy atom. The maximum atomic E-state index is 13.2. The fraction of sp³-hybridized carbons (Fsp3) is 0.533. The van der Waals surface area contributed by atoms with Gasteiger partial charge in [-0.15, -0.1) is 0 Å². The minimum Gasteiger partial charge on any atom is -0.477 e. The van der Waals surface area contributed by atoms with E-state index in [9.17, 15) is 14.7 Å². The summed E-state index contributed by atoms with van der Waals surface area (Å²) < 4.78 is 12.3. The second-order valence-electron chi connectivity index (χ2n) is 11.7. The summed E-state index contributed by atoms with van der Waals surface area (Å²) >= 11 is 0. The van der Waals surface area contributed by atoms with Gasteiger partial charge in [-0.2, -0.15) is 0 Å². The van der Waals surface area contributed by atoms with Crippen molar-refractivity contribution in [3.63, 3.8) is 0 Å². The van der Waals surface area contributed by atoms with Gasteiger partial charge in [-0.05, 0) is 74.9 Å². The quantitative estimate of drug-likeness (QED) is 0.506. The molecule has 1 N–H and O–H groups in total. The van der Waals surface area contributed by atoms with Crippen molar-refractivity contribution < 1.29 is 24.2 Å². The Balaban J connectivity index is 1.34. The molecule has 1 spiro atoms. The molecule has 1 saturated heterocycles. The molecule has 2 heterocycles. The monoisotopic (exact) mass is 489 g/mol. The number of piperidine rings is 1. The molecule has 1 saturated carbocycles. The van der Waals surface area contributed by atoms with Crippen molar-refractivity contribution in [3.05, 3.63) is 58.7 Å². The maximum absolute atomic E-state index is 13.2. The van der Waals surface area contributed by atoms with Gasteiger partial charge >= 0.3 is 5.97 Å². The summed E-state index contributed by atoms with van der Waals surface area (Å²) in [7, 11) is 2.05. The normalized spacial score (nSPS) is 31.1. The molecule has 2 aromatic carbocycles. The smallest absolute Gasteiger partial charge is 0.318 e. The van der Waals surface area contributed by atoms with Crippen molar-refractivity contribution in [1.29, 1.82) is 0 Å². The largest absolute Gasteiger partial charge is 0.477 e. The van der Waals surface area contributed by atoms with E-state index in [1.807, 2.05) is 25.1 Å². The van der Waals surface area contributed by atoms with Crippen molar-refractivity contribution >= 4 is 11.8 Å². The maximum Gasteiger partial charge on any atom is 0.318 e. The third-order valence-electron chi connectivity index (χ3n) is 9.20. The zero-order chi connectivity index (χ0) is 25.4. The van der Waals surface area contributed by atoms with Gasteiger partial charge in [0.15, 0.2) is 23.4 Å². The SMILES string of the molecule is CC(C)Cc1ccc(C(C)C(=O)Oc2ccc3c4c2O[C@H]2C(=O)CC[C@@]5(O)[C@@H](C3)N(C)CC[C@]425)cc1. The average molecular weight is 490 g/mol. The van der Waals surface area contributed by atoms with E-state index in [2.05, 4.69) is 37.9 Å². The fourth-order valence-corrected chi connectivity index (χ4v) is 7.35. The highest BCUT2D eigenvalue weighted by molar-refractivity contribution is 5.90. The van der Waals surface area contributed by atoms with Gasteiger partial charge in [0.25, 0.3) is 0 Å². The first kappa shape index (κ1) is 23.7. The third kappa shape index (κ3) is 3.16. The number of likely N-dealkylation sites (N-methyl/N-ethyl adjacent to an activating group) is 1. The predicted molar refractivity (Wildman–Crippen MR) is 135 cm³/mol. The summed E-state index contributed by atoms with van der Waals surface area (Å²) in [6.07, 6.45) is 2.34. The molecule has 2 bridgehead atoms. The number of rotatable bonds is 5. The number of benzene rings is 2. The van der Waals surface area contributed by atoms with E-state index in [4.69, 9.17) is 9.47 Å². The van der Waals surface area contributed by atoms with Crippen molar-refractivity contribution in [1.82, 2.24) is 4.90 Å². The zero-order valence-corrected chi connectivity index (χ0v) is 21.5. The van der Waals surface area contributed by atoms with Crippen LogP contribution in [0.1, 0.15) is 68.2 Å². The first-order valence-corrected chi connectivity index (χ1v) is 13.2. The van der Waals surface area contributed by atoms with Crippen LogP contribution in [0.15, 0.2) is 36.4 Å². The number of carbonyl (C=O) groups excluding carboxylic acids is 2. The predicted octanol–water partition coefficient (Wildman–Crippen LogP) is 3.95. The lowest BCUT2D eigenvalue weighted by Gasteiger charge is -2.62. The van der Waals surface area contributed by atoms with Crippen LogP contribution in [0.5, 0.6) is 11.5 Å². The Kier molecular flexibility index (Phi) is 5.36. The Morgan fingerprint density at radius 2 is 1.92 bits per heavy atom. The van der Waals surface area contributed by atoms with E-state index in [0.29, 0.717) is 43.1 Å². The standard InChI is InChI=1S/C30H35NO5/c1-17(2)15-19-5-7-20(8-6-19)18(3)28(33)35-23-10-9-21-16-24-30(34)12-11-22(32)27-29(30,13-14-31(24)4)25(21)26(23)36-27/h5-10,17-18,24,27,34H,11-16H2,1-4H3/t18?,24-,27+,29+,30-/m1/s1. The minimum atomic E-state index is -1.04. The van der Waals surface area contributed by atoms with Crippen LogP contribution in [-0.2, 0) is 27.8 Å². The first-order valence-electron chi connectivity index (χ1n) is 13.2. The van der Waals surface area contributed by atoms with E-state index in [-0.39, 0.29) is 17.8 Å². The summed E-state index contributed by atoms with van der Waals surface area (Å²) in [5.41, 5.74) is 2.31. The summed E-state index contributed by atoms with van der Waals surface area (Å²) in [6.45, 7) is 7.01. The third-order valence-corrected chi connectivity index (χ3v) is 9.20. The van der Waals surface area contributed by atoms with Crippen LogP contribution in [0.25, 0.3) is 0 Å². The van der Waals surface area contributed by atoms with Crippen LogP contribution < -0.4 is 9.47 Å². The van der Waals surface area contributed by atoms with Crippen LogP contribution in [0.4, 0.5) is 0 Å². The molecule has 2 aliphatic heterocycles. The fourth-order valence-electron chi connectivity index (χ4n) is 7.35. The van der Waals surface area contributed by atoms with E-state index in [0.717, 1.165) is 29.7 Å². The Bertz CT molecular complexity index is 1240. The number of likely N-dealkylation sites (tertiary alicyclic amines) is 1. The van der Waals surface area contributed by atoms with Gasteiger partial charge in [0.05, 0.1) is 16.9 Å². The summed E-state index contributed by atoms with van der Waals surface area (Å²) in [6, 6.07) is 11.9. The molecule has 2 fully saturated rings. The lowest BCUT2D eigenvalue weighted by molar-refractivity contribution is -0.185. The molecule has 2 aliphatic carbocycles. The van der Waals surface area contributed by atoms with Gasteiger partial charge in [-0.1, -0.05) is 44.2 Å². The highest BCUT2D eigenvalue weighted by atomic mass is 16.6. The molecule has 0 amide bonds. The van der Waals surface area contributed by atoms with Crippen LogP contribution in [0, 0.1) is 5.92 Å². The Morgan fingerprint density at radius 3 is 2.64 bits per heavy atom. The average Bonchev–Trinajstić information content (AvgIpc) is 3.21. The van der Waals surface area contributed by atoms with Crippen molar-refractivity contribution in [3.8, 4) is 11.5 Å². The Labute approximate surface area is 212 Å². The molecule has 190 valence electrons. The van der Waals surface area contributed by atoms with E-state index >= 15 is 0 Å². The number of ether oxygens (including phenoxy) is 2. The second kappa shape index (κ2) is 8.15. The molecular weight excluding hydrogens is 454 g/mol. The van der Waals surface area contributed by atoms with Gasteiger partial charge in [-0.25, -0.2) is 0 Å². The van der Waals surface area contributed by atoms with Crippen molar-refractivity contribution in [2.75, 3.05) is 13.6 Å². The van der Waals surface area contributed by atoms with Crippen molar-refractivity contribution in [2.45, 2.75) is 82.0 Å². The summed E-state index contributed by atoms with van der Waals surface area (Å²) in [4.78, 5) is 28.6. The molecule has 0 aromatic heterocycles. The first-order chi connectivity index (χ1) is 17.2. The van der Waals surface area contributed by atoms with Crippen LogP contribution in [0.3, 0.4) is 0 Å². The number of carbonyl (C=O) groups is 2. The van der Waals surface area contributed by atoms with Gasteiger partial charge in [-0.3, -0.25) is 9.59 Å². The number of ketones is 1. The Hall–Kier alpha value is -2.70. The number of hydrogen-bond acceptors (Lipinski definition) is 6. The van der Waals surface area contributed by atoms with Crippen LogP contribution in [-0.4, -0.2) is 53.1 Å². The molecule has 5 atom stereocenters. The van der Waals surface area contributed by atoms with Crippen LogP contribution in [0.2, 0.25) is 0 Å². The van der Waals surface area contributed by atoms with Gasteiger partial charge < -0.3 is 19.5 Å². The topological polar surface area (TPSA) is 76.1 Å². The summed E-state index contributed by atoms with van der Waals surface area (Å²) in [5, 5.41) is 12.1. The lowest BCUT2D eigenvalue weighted by atomic mass is 9.49. The molecule has 4 aliphatic rings. The molecule has 6 nitrogen and oxygen atoms in total. The van der Waals surface area contributed by atoms with Crippen molar-refractivity contribution in [2.24, 2.45) is 5.92 Å². The minimum absolute atomic E-state index is 0.0270. The molecule has 6 rings (SSSR count). The van der Waals surface area contributed by atoms with E-state index < -0.39 is 23.0 Å². The lowest BCUT2D eigenvalue weighted by Crippen LogP contribution is -2.76. The number of esters is 1. The highest BCUT2D eigenvalue weighted by Gasteiger charge is 2.72. The van der Waals surface area contributed by atoms with Gasteiger partial charge in [0.1, 0.15) is 0 Å². The number of nitrogens with zero attached hydrogens (tertiary/aromatic N) is 1. The number of Topliss-reactive ketones (excluding diaryl/α,β-unsaturated/α-hetero) is 1. The molecule has 0 radical (unpaired) electrons. The molecule has 6 heteroatoms. The molecule has 2 aromatic rings. The number of hydrogen-bond donors (Lipinski definition) is 1. The second-order valence-corrected chi connectivity index (χ2v) is 11.7. The summed E-state index contributed by atoms with van der Waals surface area (Å²) in [5.74, 6) is 0.606. The zero-order valence-electron chi connectivity index (χ0n) is 21.5. The van der Waals surface area contributed by atoms with Gasteiger partial charge in [0, 0.05) is 18.0 Å². The molecule has 1 unspecified atom stereocenters. The molecular formula is C30H35NO5. The van der Waals surface area contributed by atoms with Crippen LogP contribution >= 0.6 is 0 Å². The van der Waals surface area contributed by atoms with E-state index in [1.165, 1.54) is 5.56 Å².